The van der Waals surface area contributed by atoms with Crippen molar-refractivity contribution in [2.24, 2.45) is 0 Å². The van der Waals surface area contributed by atoms with E-state index in [1.807, 2.05) is 42.5 Å². The number of carboxylic acids is 1. The van der Waals surface area contributed by atoms with E-state index in [4.69, 9.17) is 4.98 Å². The summed E-state index contributed by atoms with van der Waals surface area (Å²) in [4.78, 5) is 28.1. The van der Waals surface area contributed by atoms with Crippen LogP contribution in [0.5, 0.6) is 0 Å². The number of aromatic nitrogens is 2. The van der Waals surface area contributed by atoms with E-state index in [-0.39, 0.29) is 5.43 Å². The van der Waals surface area contributed by atoms with Crippen LogP contribution < -0.4 is 5.43 Å². The second-order valence-electron chi connectivity index (χ2n) is 7.60. The number of hydrogen-bond donors (Lipinski definition) is 1. The lowest BCUT2D eigenvalue weighted by molar-refractivity contribution is 0.0697. The van der Waals surface area contributed by atoms with E-state index in [2.05, 4.69) is 11.5 Å². The van der Waals surface area contributed by atoms with Gasteiger partial charge in [0, 0.05) is 13.0 Å². The van der Waals surface area contributed by atoms with Crippen LogP contribution in [0.25, 0.3) is 22.2 Å². The topological polar surface area (TPSA) is 72.2 Å². The minimum Gasteiger partial charge on any atom is -0.478 e. The van der Waals surface area contributed by atoms with E-state index in [0.717, 1.165) is 47.2 Å². The molecule has 0 aliphatic rings. The third-order valence-electron chi connectivity index (χ3n) is 5.44. The Hall–Kier alpha value is -3.73. The maximum absolute atomic E-state index is 11.8. The van der Waals surface area contributed by atoms with Crippen LogP contribution in [-0.4, -0.2) is 20.6 Å². The number of aryl methyl sites for hydroxylation is 1. The monoisotopic (exact) mass is 412 g/mol. The molecule has 156 valence electrons. The standard InChI is InChI=1S/C26H24N2O3/c1-2-3-8-25-27-23-15-13-20(29)14-16-24(23)28(25)17-18-9-11-19(12-10-18)21-6-4-5-7-22(21)26(30)31/h4-7,9-16H,2-3,8,17H2,1H3,(H,30,31). The highest BCUT2D eigenvalue weighted by Crippen LogP contribution is 2.25. The highest BCUT2D eigenvalue weighted by atomic mass is 16.4. The molecule has 5 nitrogen and oxygen atoms in total. The van der Waals surface area contributed by atoms with Crippen molar-refractivity contribution < 1.29 is 9.90 Å². The molecule has 0 bridgehead atoms. The molecule has 0 unspecified atom stereocenters. The van der Waals surface area contributed by atoms with Crippen LogP contribution in [0.4, 0.5) is 0 Å². The molecule has 0 aliphatic carbocycles. The van der Waals surface area contributed by atoms with Gasteiger partial charge < -0.3 is 9.67 Å². The molecular weight excluding hydrogens is 388 g/mol. The lowest BCUT2D eigenvalue weighted by atomic mass is 9.99. The Bertz CT molecular complexity index is 1290. The Morgan fingerprint density at radius 2 is 1.71 bits per heavy atom. The largest absolute Gasteiger partial charge is 0.478 e. The van der Waals surface area contributed by atoms with Crippen molar-refractivity contribution in [2.75, 3.05) is 0 Å². The number of carbonyl (C=O) groups is 1. The number of hydrogen-bond acceptors (Lipinski definition) is 3. The Morgan fingerprint density at radius 1 is 0.968 bits per heavy atom. The van der Waals surface area contributed by atoms with Crippen LogP contribution in [-0.2, 0) is 13.0 Å². The van der Waals surface area contributed by atoms with Crippen LogP contribution in [0.15, 0.2) is 77.6 Å². The number of aromatic carboxylic acids is 1. The second-order valence-corrected chi connectivity index (χ2v) is 7.60. The third-order valence-corrected chi connectivity index (χ3v) is 5.44. The SMILES string of the molecule is CCCCc1nc2ccc(=O)ccc2n1Cc1ccc(-c2ccccc2C(=O)O)cc1. The van der Waals surface area contributed by atoms with Gasteiger partial charge in [-0.2, -0.15) is 0 Å². The summed E-state index contributed by atoms with van der Waals surface area (Å²) in [5.74, 6) is 0.0755. The highest BCUT2D eigenvalue weighted by Gasteiger charge is 2.13. The zero-order chi connectivity index (χ0) is 21.8. The summed E-state index contributed by atoms with van der Waals surface area (Å²) < 4.78 is 2.17. The molecule has 3 aromatic carbocycles. The summed E-state index contributed by atoms with van der Waals surface area (Å²) in [7, 11) is 0. The van der Waals surface area contributed by atoms with Crippen LogP contribution >= 0.6 is 0 Å². The first kappa shape index (κ1) is 20.5. The molecule has 0 aliphatic heterocycles. The molecule has 1 N–H and O–H groups in total. The van der Waals surface area contributed by atoms with Crippen molar-refractivity contribution in [2.45, 2.75) is 32.7 Å². The molecule has 5 heteroatoms. The number of nitrogens with zero attached hydrogens (tertiary/aromatic N) is 2. The van der Waals surface area contributed by atoms with E-state index in [1.165, 1.54) is 0 Å². The highest BCUT2D eigenvalue weighted by molar-refractivity contribution is 5.96. The molecule has 31 heavy (non-hydrogen) atoms. The first-order valence-corrected chi connectivity index (χ1v) is 10.5. The first-order chi connectivity index (χ1) is 15.1. The molecular formula is C26H24N2O3. The number of rotatable bonds is 7. The van der Waals surface area contributed by atoms with Gasteiger partial charge in [-0.15, -0.1) is 0 Å². The number of imidazole rings is 1. The maximum atomic E-state index is 11.8. The van der Waals surface area contributed by atoms with Crippen molar-refractivity contribution in [1.29, 1.82) is 0 Å². The number of unbranched alkanes of at least 4 members (excludes halogenated alkanes) is 1. The van der Waals surface area contributed by atoms with Gasteiger partial charge in [0.2, 0.25) is 0 Å². The zero-order valence-electron chi connectivity index (χ0n) is 17.4. The van der Waals surface area contributed by atoms with Gasteiger partial charge in [0.25, 0.3) is 0 Å². The van der Waals surface area contributed by atoms with Crippen molar-refractivity contribution in [3.8, 4) is 11.1 Å². The predicted octanol–water partition coefficient (Wildman–Crippen LogP) is 5.15. The van der Waals surface area contributed by atoms with Gasteiger partial charge in [-0.25, -0.2) is 9.78 Å². The average molecular weight is 412 g/mol. The zero-order valence-corrected chi connectivity index (χ0v) is 17.4. The lowest BCUT2D eigenvalue weighted by Gasteiger charge is -2.11. The summed E-state index contributed by atoms with van der Waals surface area (Å²) in [6.07, 6.45) is 3.01. The predicted molar refractivity (Wildman–Crippen MR) is 123 cm³/mol. The van der Waals surface area contributed by atoms with Crippen LogP contribution in [0.3, 0.4) is 0 Å². The fourth-order valence-corrected chi connectivity index (χ4v) is 3.81. The average Bonchev–Trinajstić information content (AvgIpc) is 2.99. The Morgan fingerprint density at radius 3 is 2.45 bits per heavy atom. The minimum absolute atomic E-state index is 0.0406. The number of carboxylic acid groups (broad SMARTS) is 1. The van der Waals surface area contributed by atoms with Crippen molar-refractivity contribution in [3.63, 3.8) is 0 Å². The molecule has 4 aromatic rings. The summed E-state index contributed by atoms with van der Waals surface area (Å²) in [6.45, 7) is 2.79. The Kier molecular flexibility index (Phi) is 5.94. The maximum Gasteiger partial charge on any atom is 0.336 e. The van der Waals surface area contributed by atoms with Gasteiger partial charge in [0.15, 0.2) is 5.43 Å². The molecule has 0 fully saturated rings. The van der Waals surface area contributed by atoms with Crippen LogP contribution in [0.1, 0.15) is 41.5 Å². The van der Waals surface area contributed by atoms with Gasteiger partial charge in [-0.05, 0) is 53.4 Å². The fraction of sp³-hybridized carbons (Fsp3) is 0.192. The van der Waals surface area contributed by atoms with Gasteiger partial charge in [0.05, 0.1) is 16.6 Å². The second kappa shape index (κ2) is 8.96. The van der Waals surface area contributed by atoms with E-state index in [9.17, 15) is 14.7 Å². The van der Waals surface area contributed by atoms with Crippen LogP contribution in [0.2, 0.25) is 0 Å². The van der Waals surface area contributed by atoms with E-state index in [0.29, 0.717) is 17.7 Å². The smallest absolute Gasteiger partial charge is 0.336 e. The molecule has 0 spiro atoms. The molecule has 1 heterocycles. The molecule has 0 amide bonds. The van der Waals surface area contributed by atoms with Gasteiger partial charge in [-0.1, -0.05) is 55.8 Å². The van der Waals surface area contributed by atoms with Gasteiger partial charge in [0.1, 0.15) is 5.82 Å². The van der Waals surface area contributed by atoms with Crippen molar-refractivity contribution in [3.05, 3.63) is 100.0 Å². The lowest BCUT2D eigenvalue weighted by Crippen LogP contribution is -2.05. The van der Waals surface area contributed by atoms with Crippen LogP contribution in [0, 0.1) is 0 Å². The molecule has 4 rings (SSSR count). The van der Waals surface area contributed by atoms with Gasteiger partial charge >= 0.3 is 5.97 Å². The minimum atomic E-state index is -0.934. The summed E-state index contributed by atoms with van der Waals surface area (Å²) in [5, 5.41) is 9.46. The van der Waals surface area contributed by atoms with E-state index < -0.39 is 5.97 Å². The molecule has 1 aromatic heterocycles. The quantitative estimate of drug-likeness (QED) is 0.455. The van der Waals surface area contributed by atoms with Crippen molar-refractivity contribution >= 4 is 17.0 Å². The Balaban J connectivity index is 1.70. The number of fused-ring (bicyclic) bond motifs is 1. The summed E-state index contributed by atoms with van der Waals surface area (Å²) >= 11 is 0. The van der Waals surface area contributed by atoms with E-state index >= 15 is 0 Å². The Labute approximate surface area is 180 Å². The third kappa shape index (κ3) is 4.40. The molecule has 0 saturated carbocycles. The van der Waals surface area contributed by atoms with Crippen molar-refractivity contribution in [1.82, 2.24) is 9.55 Å². The number of benzene rings is 2. The van der Waals surface area contributed by atoms with Gasteiger partial charge in [-0.3, -0.25) is 4.79 Å². The molecule has 0 radical (unpaired) electrons. The molecule has 0 atom stereocenters. The summed E-state index contributed by atoms with van der Waals surface area (Å²) in [6, 6.07) is 21.7. The molecule has 0 saturated heterocycles. The first-order valence-electron chi connectivity index (χ1n) is 10.5. The summed E-state index contributed by atoms with van der Waals surface area (Å²) in [5.41, 5.74) is 4.66. The van der Waals surface area contributed by atoms with E-state index in [1.54, 1.807) is 30.3 Å². The fourth-order valence-electron chi connectivity index (χ4n) is 3.81. The normalized spacial score (nSPS) is 11.0.